The Morgan fingerprint density at radius 2 is 1.95 bits per heavy atom. The Morgan fingerprint density at radius 1 is 1.40 bits per heavy atom. The molecule has 0 saturated carbocycles. The number of hydrogen-bond donors (Lipinski definition) is 2. The molecule has 1 aromatic carbocycles. The first-order chi connectivity index (χ1) is 9.36. The van der Waals surface area contributed by atoms with Crippen molar-refractivity contribution in [2.45, 2.75) is 20.4 Å². The van der Waals surface area contributed by atoms with Gasteiger partial charge in [0.25, 0.3) is 0 Å². The molecule has 3 N–H and O–H groups in total. The zero-order valence-corrected chi connectivity index (χ0v) is 12.6. The summed E-state index contributed by atoms with van der Waals surface area (Å²) in [5.74, 6) is -0.915. The number of hydrogen-bond acceptors (Lipinski definition) is 3. The Bertz CT molecular complexity index is 486. The normalized spacial score (nSPS) is 13.3. The van der Waals surface area contributed by atoms with Crippen molar-refractivity contribution < 1.29 is 10.0 Å². The van der Waals surface area contributed by atoms with E-state index in [-0.39, 0.29) is 17.7 Å². The zero-order valence-electron chi connectivity index (χ0n) is 11.9. The minimum Gasteiger partial charge on any atom is -0.409 e. The lowest BCUT2D eigenvalue weighted by molar-refractivity contribution is -0.133. The van der Waals surface area contributed by atoms with Crippen molar-refractivity contribution in [1.29, 1.82) is 0 Å². The van der Waals surface area contributed by atoms with E-state index in [2.05, 4.69) is 5.16 Å². The van der Waals surface area contributed by atoms with Crippen LogP contribution in [0.3, 0.4) is 0 Å². The maximum Gasteiger partial charge on any atom is 0.233 e. The first kappa shape index (κ1) is 16.3. The van der Waals surface area contributed by atoms with Crippen molar-refractivity contribution in [3.63, 3.8) is 0 Å². The van der Waals surface area contributed by atoms with E-state index in [0.717, 1.165) is 5.56 Å². The maximum atomic E-state index is 12.4. The standard InChI is InChI=1S/C14H20ClN3O2/c1-9(2)12(13(16)17-20)14(19)18(3)8-10-4-6-11(15)7-5-10/h4-7,9,12,20H,8H2,1-3H3,(H2,16,17). The Labute approximate surface area is 124 Å². The monoisotopic (exact) mass is 297 g/mol. The fourth-order valence-corrected chi connectivity index (χ4v) is 2.12. The molecule has 0 aliphatic heterocycles. The molecule has 0 saturated heterocycles. The fourth-order valence-electron chi connectivity index (χ4n) is 1.99. The van der Waals surface area contributed by atoms with Crippen LogP contribution in [0.4, 0.5) is 0 Å². The second-order valence-electron chi connectivity index (χ2n) is 5.07. The second-order valence-corrected chi connectivity index (χ2v) is 5.50. The molecule has 0 bridgehead atoms. The van der Waals surface area contributed by atoms with E-state index < -0.39 is 5.92 Å². The van der Waals surface area contributed by atoms with Crippen molar-refractivity contribution in [3.8, 4) is 0 Å². The van der Waals surface area contributed by atoms with Crippen LogP contribution >= 0.6 is 11.6 Å². The summed E-state index contributed by atoms with van der Waals surface area (Å²) in [5.41, 5.74) is 6.57. The van der Waals surface area contributed by atoms with E-state index in [9.17, 15) is 4.79 Å². The van der Waals surface area contributed by atoms with Gasteiger partial charge in [-0.3, -0.25) is 4.79 Å². The molecule has 0 spiro atoms. The summed E-state index contributed by atoms with van der Waals surface area (Å²) in [6, 6.07) is 7.28. The third-order valence-electron chi connectivity index (χ3n) is 3.08. The Balaban J connectivity index is 2.81. The third-order valence-corrected chi connectivity index (χ3v) is 3.33. The average molecular weight is 298 g/mol. The average Bonchev–Trinajstić information content (AvgIpc) is 2.40. The number of amidine groups is 1. The number of benzene rings is 1. The van der Waals surface area contributed by atoms with Crippen LogP contribution in [-0.4, -0.2) is 28.9 Å². The number of carbonyl (C=O) groups is 1. The number of oxime groups is 1. The summed E-state index contributed by atoms with van der Waals surface area (Å²) in [5, 5.41) is 12.4. The molecule has 0 heterocycles. The van der Waals surface area contributed by atoms with Crippen LogP contribution < -0.4 is 5.73 Å². The van der Waals surface area contributed by atoms with Crippen molar-refractivity contribution >= 4 is 23.3 Å². The molecule has 0 fully saturated rings. The Hall–Kier alpha value is -1.75. The lowest BCUT2D eigenvalue weighted by Gasteiger charge is -2.25. The molecule has 1 aromatic rings. The van der Waals surface area contributed by atoms with Gasteiger partial charge in [-0.25, -0.2) is 0 Å². The fraction of sp³-hybridized carbons (Fsp3) is 0.429. The summed E-state index contributed by atoms with van der Waals surface area (Å²) < 4.78 is 0. The number of nitrogens with two attached hydrogens (primary N) is 1. The van der Waals surface area contributed by atoms with E-state index in [1.165, 1.54) is 0 Å². The number of rotatable bonds is 5. The topological polar surface area (TPSA) is 78.9 Å². The molecule has 1 unspecified atom stereocenters. The smallest absolute Gasteiger partial charge is 0.233 e. The molecule has 0 aliphatic carbocycles. The summed E-state index contributed by atoms with van der Waals surface area (Å²) >= 11 is 5.82. The van der Waals surface area contributed by atoms with Crippen LogP contribution in [0.15, 0.2) is 29.4 Å². The third kappa shape index (κ3) is 4.13. The van der Waals surface area contributed by atoms with E-state index in [1.54, 1.807) is 24.1 Å². The van der Waals surface area contributed by atoms with Gasteiger partial charge in [-0.05, 0) is 23.6 Å². The van der Waals surface area contributed by atoms with Gasteiger partial charge in [-0.15, -0.1) is 0 Å². The Kier molecular flexibility index (Phi) is 5.82. The molecule has 6 heteroatoms. The predicted molar refractivity (Wildman–Crippen MR) is 79.7 cm³/mol. The van der Waals surface area contributed by atoms with Crippen molar-refractivity contribution in [3.05, 3.63) is 34.9 Å². The van der Waals surface area contributed by atoms with E-state index >= 15 is 0 Å². The zero-order chi connectivity index (χ0) is 15.3. The molecule has 1 amide bonds. The van der Waals surface area contributed by atoms with E-state index in [0.29, 0.717) is 11.6 Å². The summed E-state index contributed by atoms with van der Waals surface area (Å²) in [6.45, 7) is 4.16. The van der Waals surface area contributed by atoms with Gasteiger partial charge in [0, 0.05) is 18.6 Å². The van der Waals surface area contributed by atoms with E-state index in [4.69, 9.17) is 22.5 Å². The molecular formula is C14H20ClN3O2. The van der Waals surface area contributed by atoms with Crippen molar-refractivity contribution in [2.24, 2.45) is 22.7 Å². The van der Waals surface area contributed by atoms with Gasteiger partial charge in [0.15, 0.2) is 5.84 Å². The Morgan fingerprint density at radius 3 is 2.40 bits per heavy atom. The van der Waals surface area contributed by atoms with Gasteiger partial charge < -0.3 is 15.8 Å². The van der Waals surface area contributed by atoms with Gasteiger partial charge in [-0.1, -0.05) is 42.7 Å². The van der Waals surface area contributed by atoms with Crippen LogP contribution in [0.1, 0.15) is 19.4 Å². The highest BCUT2D eigenvalue weighted by atomic mass is 35.5. The molecule has 0 aliphatic rings. The van der Waals surface area contributed by atoms with Crippen molar-refractivity contribution in [2.75, 3.05) is 7.05 Å². The summed E-state index contributed by atoms with van der Waals surface area (Å²) in [7, 11) is 1.69. The largest absolute Gasteiger partial charge is 0.409 e. The van der Waals surface area contributed by atoms with Gasteiger partial charge in [0.05, 0.1) is 0 Å². The van der Waals surface area contributed by atoms with Crippen LogP contribution in [0.25, 0.3) is 0 Å². The molecule has 5 nitrogen and oxygen atoms in total. The molecular weight excluding hydrogens is 278 g/mol. The molecule has 20 heavy (non-hydrogen) atoms. The highest BCUT2D eigenvalue weighted by Gasteiger charge is 2.29. The molecule has 0 aromatic heterocycles. The number of nitrogens with zero attached hydrogens (tertiary/aromatic N) is 2. The molecule has 110 valence electrons. The van der Waals surface area contributed by atoms with Gasteiger partial charge >= 0.3 is 0 Å². The number of amides is 1. The number of carbonyl (C=O) groups excluding carboxylic acids is 1. The van der Waals surface area contributed by atoms with Gasteiger partial charge in [-0.2, -0.15) is 0 Å². The number of halogens is 1. The molecule has 0 radical (unpaired) electrons. The minimum absolute atomic E-state index is 0.0499. The lowest BCUT2D eigenvalue weighted by Crippen LogP contribution is -2.42. The van der Waals surface area contributed by atoms with Crippen molar-refractivity contribution in [1.82, 2.24) is 4.90 Å². The van der Waals surface area contributed by atoms with Gasteiger partial charge in [0.2, 0.25) is 5.91 Å². The summed E-state index contributed by atoms with van der Waals surface area (Å²) in [6.07, 6.45) is 0. The maximum absolute atomic E-state index is 12.4. The predicted octanol–water partition coefficient (Wildman–Crippen LogP) is 2.32. The van der Waals surface area contributed by atoms with Crippen LogP contribution in [-0.2, 0) is 11.3 Å². The second kappa shape index (κ2) is 7.14. The minimum atomic E-state index is -0.627. The van der Waals surface area contributed by atoms with Crippen LogP contribution in [0.5, 0.6) is 0 Å². The SMILES string of the molecule is CC(C)C(C(=O)N(C)Cc1ccc(Cl)cc1)C(N)=NO. The molecule has 1 rings (SSSR count). The van der Waals surface area contributed by atoms with Crippen LogP contribution in [0, 0.1) is 11.8 Å². The van der Waals surface area contributed by atoms with E-state index in [1.807, 2.05) is 26.0 Å². The van der Waals surface area contributed by atoms with Crippen LogP contribution in [0.2, 0.25) is 5.02 Å². The molecule has 1 atom stereocenters. The highest BCUT2D eigenvalue weighted by Crippen LogP contribution is 2.17. The highest BCUT2D eigenvalue weighted by molar-refractivity contribution is 6.30. The van der Waals surface area contributed by atoms with Gasteiger partial charge in [0.1, 0.15) is 5.92 Å². The summed E-state index contributed by atoms with van der Waals surface area (Å²) in [4.78, 5) is 13.9. The first-order valence-electron chi connectivity index (χ1n) is 6.33. The quantitative estimate of drug-likeness (QED) is 0.379. The lowest BCUT2D eigenvalue weighted by atomic mass is 9.93. The first-order valence-corrected chi connectivity index (χ1v) is 6.71.